The van der Waals surface area contributed by atoms with E-state index in [1.54, 1.807) is 0 Å². The van der Waals surface area contributed by atoms with Gasteiger partial charge in [0.1, 0.15) is 0 Å². The largest absolute Gasteiger partial charge is 0.481 e. The van der Waals surface area contributed by atoms with Crippen LogP contribution in [0.25, 0.3) is 0 Å². The van der Waals surface area contributed by atoms with E-state index in [0.717, 1.165) is 31.8 Å². The van der Waals surface area contributed by atoms with Crippen LogP contribution in [0.1, 0.15) is 25.7 Å². The molecular formula is C8H16ClNO2. The summed E-state index contributed by atoms with van der Waals surface area (Å²) in [5, 5.41) is 11.6. The van der Waals surface area contributed by atoms with Gasteiger partial charge in [0.2, 0.25) is 0 Å². The molecule has 0 radical (unpaired) electrons. The summed E-state index contributed by atoms with van der Waals surface area (Å²) in [6.07, 6.45) is 3.46. The van der Waals surface area contributed by atoms with Crippen molar-refractivity contribution in [2.75, 3.05) is 13.1 Å². The molecule has 0 bridgehead atoms. The summed E-state index contributed by atoms with van der Waals surface area (Å²) in [5.41, 5.74) is 0. The van der Waals surface area contributed by atoms with Crippen LogP contribution in [0.15, 0.2) is 0 Å². The van der Waals surface area contributed by atoms with E-state index in [1.807, 2.05) is 0 Å². The highest BCUT2D eigenvalue weighted by atomic mass is 35.5. The van der Waals surface area contributed by atoms with Crippen LogP contribution in [0.4, 0.5) is 0 Å². The van der Waals surface area contributed by atoms with E-state index in [4.69, 9.17) is 5.11 Å². The maximum atomic E-state index is 10.2. The SMILES string of the molecule is Cl.O=C(O)CCCC1CCNC1. The molecule has 1 heterocycles. The first-order chi connectivity index (χ1) is 5.29. The van der Waals surface area contributed by atoms with Crippen molar-refractivity contribution in [3.63, 3.8) is 0 Å². The third kappa shape index (κ3) is 4.57. The fourth-order valence-electron chi connectivity index (χ4n) is 1.50. The highest BCUT2D eigenvalue weighted by Gasteiger charge is 2.13. The molecule has 3 nitrogen and oxygen atoms in total. The van der Waals surface area contributed by atoms with Crippen LogP contribution >= 0.6 is 12.4 Å². The Kier molecular flexibility index (Phi) is 6.11. The minimum Gasteiger partial charge on any atom is -0.481 e. The average molecular weight is 194 g/mol. The molecular weight excluding hydrogens is 178 g/mol. The second-order valence-corrected chi connectivity index (χ2v) is 3.14. The van der Waals surface area contributed by atoms with Gasteiger partial charge in [-0.1, -0.05) is 0 Å². The highest BCUT2D eigenvalue weighted by Crippen LogP contribution is 2.14. The third-order valence-corrected chi connectivity index (χ3v) is 2.17. The number of halogens is 1. The molecule has 1 saturated heterocycles. The normalized spacial score (nSPS) is 21.8. The molecule has 0 aromatic heterocycles. The van der Waals surface area contributed by atoms with Gasteiger partial charge in [-0.15, -0.1) is 12.4 Å². The summed E-state index contributed by atoms with van der Waals surface area (Å²) in [6, 6.07) is 0. The maximum Gasteiger partial charge on any atom is 0.303 e. The summed E-state index contributed by atoms with van der Waals surface area (Å²) in [7, 11) is 0. The first-order valence-corrected chi connectivity index (χ1v) is 4.21. The summed E-state index contributed by atoms with van der Waals surface area (Å²) >= 11 is 0. The van der Waals surface area contributed by atoms with Crippen molar-refractivity contribution in [2.24, 2.45) is 5.92 Å². The zero-order valence-electron chi connectivity index (χ0n) is 7.08. The topological polar surface area (TPSA) is 49.3 Å². The van der Waals surface area contributed by atoms with Gasteiger partial charge in [0, 0.05) is 6.42 Å². The molecule has 72 valence electrons. The molecule has 2 N–H and O–H groups in total. The molecule has 1 unspecified atom stereocenters. The number of rotatable bonds is 4. The lowest BCUT2D eigenvalue weighted by atomic mass is 10.0. The Bertz CT molecular complexity index is 135. The average Bonchev–Trinajstić information content (AvgIpc) is 2.39. The molecule has 1 rings (SSSR count). The van der Waals surface area contributed by atoms with Gasteiger partial charge in [0.15, 0.2) is 0 Å². The molecule has 0 aromatic carbocycles. The van der Waals surface area contributed by atoms with Crippen LogP contribution in [-0.4, -0.2) is 24.2 Å². The van der Waals surface area contributed by atoms with Crippen molar-refractivity contribution >= 4 is 18.4 Å². The standard InChI is InChI=1S/C8H15NO2.ClH/c10-8(11)3-1-2-7-4-5-9-6-7;/h7,9H,1-6H2,(H,10,11);1H. The lowest BCUT2D eigenvalue weighted by Crippen LogP contribution is -2.09. The molecule has 0 spiro atoms. The Balaban J connectivity index is 0.00000121. The van der Waals surface area contributed by atoms with E-state index >= 15 is 0 Å². The van der Waals surface area contributed by atoms with Crippen LogP contribution in [0, 0.1) is 5.92 Å². The minimum absolute atomic E-state index is 0. The van der Waals surface area contributed by atoms with Crippen molar-refractivity contribution in [1.29, 1.82) is 0 Å². The Morgan fingerprint density at radius 3 is 2.83 bits per heavy atom. The molecule has 4 heteroatoms. The molecule has 0 amide bonds. The fourth-order valence-corrected chi connectivity index (χ4v) is 1.50. The Morgan fingerprint density at radius 1 is 1.58 bits per heavy atom. The number of carboxylic acid groups (broad SMARTS) is 1. The number of carbonyl (C=O) groups is 1. The lowest BCUT2D eigenvalue weighted by molar-refractivity contribution is -0.137. The molecule has 0 saturated carbocycles. The molecule has 1 atom stereocenters. The molecule has 1 aliphatic heterocycles. The van der Waals surface area contributed by atoms with Crippen LogP contribution in [0.3, 0.4) is 0 Å². The van der Waals surface area contributed by atoms with Crippen LogP contribution < -0.4 is 5.32 Å². The van der Waals surface area contributed by atoms with E-state index in [0.29, 0.717) is 6.42 Å². The number of nitrogens with one attached hydrogen (secondary N) is 1. The van der Waals surface area contributed by atoms with Gasteiger partial charge >= 0.3 is 5.97 Å². The summed E-state index contributed by atoms with van der Waals surface area (Å²) in [4.78, 5) is 10.2. The molecule has 12 heavy (non-hydrogen) atoms. The van der Waals surface area contributed by atoms with Crippen LogP contribution in [0.2, 0.25) is 0 Å². The van der Waals surface area contributed by atoms with Crippen molar-refractivity contribution < 1.29 is 9.90 Å². The Labute approximate surface area is 78.9 Å². The van der Waals surface area contributed by atoms with Gasteiger partial charge in [-0.3, -0.25) is 4.79 Å². The number of hydrogen-bond acceptors (Lipinski definition) is 2. The summed E-state index contributed by atoms with van der Waals surface area (Å²) in [6.45, 7) is 2.19. The first-order valence-electron chi connectivity index (χ1n) is 4.21. The van der Waals surface area contributed by atoms with E-state index in [9.17, 15) is 4.79 Å². The van der Waals surface area contributed by atoms with Crippen molar-refractivity contribution in [2.45, 2.75) is 25.7 Å². The van der Waals surface area contributed by atoms with Gasteiger partial charge in [0.25, 0.3) is 0 Å². The number of hydrogen-bond donors (Lipinski definition) is 2. The third-order valence-electron chi connectivity index (χ3n) is 2.17. The van der Waals surface area contributed by atoms with E-state index < -0.39 is 5.97 Å². The molecule has 0 aliphatic carbocycles. The summed E-state index contributed by atoms with van der Waals surface area (Å²) in [5.74, 6) is 0.0605. The molecule has 1 aliphatic rings. The van der Waals surface area contributed by atoms with Crippen molar-refractivity contribution in [3.8, 4) is 0 Å². The fraction of sp³-hybridized carbons (Fsp3) is 0.875. The molecule has 0 aromatic rings. The smallest absolute Gasteiger partial charge is 0.303 e. The van der Waals surface area contributed by atoms with Gasteiger partial charge in [-0.05, 0) is 38.3 Å². The van der Waals surface area contributed by atoms with Gasteiger partial charge in [0.05, 0.1) is 0 Å². The van der Waals surface area contributed by atoms with Crippen LogP contribution in [-0.2, 0) is 4.79 Å². The highest BCUT2D eigenvalue weighted by molar-refractivity contribution is 5.85. The van der Waals surface area contributed by atoms with E-state index in [2.05, 4.69) is 5.32 Å². The second kappa shape index (κ2) is 6.26. The number of aliphatic carboxylic acids is 1. The lowest BCUT2D eigenvalue weighted by Gasteiger charge is -2.04. The monoisotopic (exact) mass is 193 g/mol. The Morgan fingerprint density at radius 2 is 2.33 bits per heavy atom. The van der Waals surface area contributed by atoms with Crippen LogP contribution in [0.5, 0.6) is 0 Å². The first kappa shape index (κ1) is 11.7. The zero-order valence-corrected chi connectivity index (χ0v) is 7.90. The number of carboxylic acids is 1. The second-order valence-electron chi connectivity index (χ2n) is 3.14. The van der Waals surface area contributed by atoms with Crippen molar-refractivity contribution in [3.05, 3.63) is 0 Å². The quantitative estimate of drug-likeness (QED) is 0.707. The van der Waals surface area contributed by atoms with Gasteiger partial charge < -0.3 is 10.4 Å². The summed E-state index contributed by atoms with van der Waals surface area (Å²) < 4.78 is 0. The predicted molar refractivity (Wildman–Crippen MR) is 49.7 cm³/mol. The zero-order chi connectivity index (χ0) is 8.10. The minimum atomic E-state index is -0.670. The maximum absolute atomic E-state index is 10.2. The predicted octanol–water partition coefficient (Wildman–Crippen LogP) is 1.27. The molecule has 1 fully saturated rings. The van der Waals surface area contributed by atoms with E-state index in [-0.39, 0.29) is 12.4 Å². The van der Waals surface area contributed by atoms with E-state index in [1.165, 1.54) is 6.42 Å². The van der Waals surface area contributed by atoms with Gasteiger partial charge in [-0.25, -0.2) is 0 Å². The van der Waals surface area contributed by atoms with Crippen molar-refractivity contribution in [1.82, 2.24) is 5.32 Å². The van der Waals surface area contributed by atoms with Gasteiger partial charge in [-0.2, -0.15) is 0 Å². The Hall–Kier alpha value is -0.280.